The second-order valence-electron chi connectivity index (χ2n) is 4.98. The van der Waals surface area contributed by atoms with Crippen molar-refractivity contribution in [3.63, 3.8) is 0 Å². The lowest BCUT2D eigenvalue weighted by molar-refractivity contribution is 0.475. The molecule has 4 heteroatoms. The molecular weight excluding hydrogens is 267 g/mol. The van der Waals surface area contributed by atoms with Gasteiger partial charge in [-0.05, 0) is 41.8 Å². The molecule has 0 aliphatic heterocycles. The van der Waals surface area contributed by atoms with Crippen LogP contribution in [0, 0.1) is 5.82 Å². The van der Waals surface area contributed by atoms with Crippen molar-refractivity contribution in [3.05, 3.63) is 71.2 Å². The summed E-state index contributed by atoms with van der Waals surface area (Å²) in [5.41, 5.74) is 5.72. The van der Waals surface area contributed by atoms with Gasteiger partial charge in [-0.1, -0.05) is 31.2 Å². The Hall–Kier alpha value is -2.17. The highest BCUT2D eigenvalue weighted by Gasteiger charge is 2.19. The second kappa shape index (κ2) is 5.68. The summed E-state index contributed by atoms with van der Waals surface area (Å²) in [6.07, 6.45) is 0.906. The number of nitrogens with one attached hydrogen (secondary N) is 1. The Kier molecular flexibility index (Phi) is 3.73. The third-order valence-electron chi connectivity index (χ3n) is 3.70. The van der Waals surface area contributed by atoms with E-state index in [0.29, 0.717) is 11.3 Å². The van der Waals surface area contributed by atoms with Gasteiger partial charge in [-0.2, -0.15) is 0 Å². The highest BCUT2D eigenvalue weighted by Crippen LogP contribution is 2.30. The van der Waals surface area contributed by atoms with Crippen molar-refractivity contribution >= 4 is 11.0 Å². The van der Waals surface area contributed by atoms with Crippen molar-refractivity contribution in [2.45, 2.75) is 19.4 Å². The standard InChI is InChI=1S/C17H17FN2O/c1-2-11-5-3-4-6-14(11)17(20-19)16-10-12-9-13(18)7-8-15(12)21-16/h3-10,17,20H,2,19H2,1H3. The van der Waals surface area contributed by atoms with E-state index >= 15 is 0 Å². The van der Waals surface area contributed by atoms with Crippen molar-refractivity contribution in [1.82, 2.24) is 5.43 Å². The summed E-state index contributed by atoms with van der Waals surface area (Å²) in [6, 6.07) is 14.1. The number of nitrogens with two attached hydrogens (primary N) is 1. The van der Waals surface area contributed by atoms with Crippen LogP contribution in [0.1, 0.15) is 29.9 Å². The minimum atomic E-state index is -0.277. The van der Waals surface area contributed by atoms with E-state index < -0.39 is 0 Å². The lowest BCUT2D eigenvalue weighted by Gasteiger charge is -2.17. The highest BCUT2D eigenvalue weighted by atomic mass is 19.1. The molecule has 0 radical (unpaired) electrons. The smallest absolute Gasteiger partial charge is 0.134 e. The predicted molar refractivity (Wildman–Crippen MR) is 81.2 cm³/mol. The molecule has 3 nitrogen and oxygen atoms in total. The van der Waals surface area contributed by atoms with Gasteiger partial charge in [0.15, 0.2) is 0 Å². The van der Waals surface area contributed by atoms with E-state index in [1.165, 1.54) is 17.7 Å². The van der Waals surface area contributed by atoms with Gasteiger partial charge in [0, 0.05) is 5.39 Å². The van der Waals surface area contributed by atoms with Crippen LogP contribution >= 0.6 is 0 Å². The van der Waals surface area contributed by atoms with Gasteiger partial charge in [-0.25, -0.2) is 9.82 Å². The van der Waals surface area contributed by atoms with E-state index in [9.17, 15) is 4.39 Å². The highest BCUT2D eigenvalue weighted by molar-refractivity contribution is 5.78. The first-order chi connectivity index (χ1) is 10.2. The Labute approximate surface area is 122 Å². The van der Waals surface area contributed by atoms with E-state index in [0.717, 1.165) is 17.4 Å². The van der Waals surface area contributed by atoms with Crippen molar-refractivity contribution in [2.24, 2.45) is 5.84 Å². The molecule has 2 aromatic carbocycles. The average Bonchev–Trinajstić information content (AvgIpc) is 2.91. The molecule has 3 rings (SSSR count). The number of hydrazine groups is 1. The molecule has 3 N–H and O–H groups in total. The molecule has 1 heterocycles. The molecule has 3 aromatic rings. The number of benzene rings is 2. The topological polar surface area (TPSA) is 51.2 Å². The molecule has 0 saturated heterocycles. The number of halogens is 1. The van der Waals surface area contributed by atoms with E-state index in [1.54, 1.807) is 6.07 Å². The Bertz CT molecular complexity index is 766. The van der Waals surface area contributed by atoms with Gasteiger partial charge >= 0.3 is 0 Å². The molecule has 0 amide bonds. The van der Waals surface area contributed by atoms with Crippen LogP contribution in [0.2, 0.25) is 0 Å². The van der Waals surface area contributed by atoms with E-state index in [2.05, 4.69) is 18.4 Å². The summed E-state index contributed by atoms with van der Waals surface area (Å²) < 4.78 is 19.1. The summed E-state index contributed by atoms with van der Waals surface area (Å²) in [4.78, 5) is 0. The van der Waals surface area contributed by atoms with Gasteiger partial charge in [0.05, 0.1) is 0 Å². The number of rotatable bonds is 4. The first kappa shape index (κ1) is 13.8. The summed E-state index contributed by atoms with van der Waals surface area (Å²) in [6.45, 7) is 2.10. The van der Waals surface area contributed by atoms with Gasteiger partial charge in [0.1, 0.15) is 23.2 Å². The Morgan fingerprint density at radius 3 is 2.76 bits per heavy atom. The minimum absolute atomic E-state index is 0.253. The SMILES string of the molecule is CCc1ccccc1C(NN)c1cc2cc(F)ccc2o1. The number of hydrogen-bond acceptors (Lipinski definition) is 3. The fourth-order valence-corrected chi connectivity index (χ4v) is 2.64. The summed E-state index contributed by atoms with van der Waals surface area (Å²) in [5, 5.41) is 0.735. The van der Waals surface area contributed by atoms with Crippen LogP contribution in [0.5, 0.6) is 0 Å². The van der Waals surface area contributed by atoms with Crippen LogP contribution in [0.4, 0.5) is 4.39 Å². The van der Waals surface area contributed by atoms with Crippen molar-refractivity contribution < 1.29 is 8.81 Å². The van der Waals surface area contributed by atoms with Gasteiger partial charge in [0.25, 0.3) is 0 Å². The number of hydrogen-bond donors (Lipinski definition) is 2. The summed E-state index contributed by atoms with van der Waals surface area (Å²) in [7, 11) is 0. The van der Waals surface area contributed by atoms with Gasteiger partial charge in [0.2, 0.25) is 0 Å². The average molecular weight is 284 g/mol. The second-order valence-corrected chi connectivity index (χ2v) is 4.98. The van der Waals surface area contributed by atoms with Crippen LogP contribution in [0.25, 0.3) is 11.0 Å². The number of fused-ring (bicyclic) bond motifs is 1. The zero-order chi connectivity index (χ0) is 14.8. The molecule has 0 spiro atoms. The maximum Gasteiger partial charge on any atom is 0.134 e. The first-order valence-corrected chi connectivity index (χ1v) is 6.96. The molecule has 0 aliphatic rings. The third kappa shape index (κ3) is 2.55. The molecule has 108 valence electrons. The largest absolute Gasteiger partial charge is 0.459 e. The first-order valence-electron chi connectivity index (χ1n) is 6.96. The molecule has 0 aliphatic carbocycles. The van der Waals surface area contributed by atoms with Crippen LogP contribution in [-0.2, 0) is 6.42 Å². The summed E-state index contributed by atoms with van der Waals surface area (Å²) >= 11 is 0. The number of aryl methyl sites for hydroxylation is 1. The fourth-order valence-electron chi connectivity index (χ4n) is 2.64. The van der Waals surface area contributed by atoms with Crippen LogP contribution < -0.4 is 11.3 Å². The quantitative estimate of drug-likeness (QED) is 0.567. The Balaban J connectivity index is 2.09. The van der Waals surface area contributed by atoms with Gasteiger partial charge < -0.3 is 4.42 Å². The lowest BCUT2D eigenvalue weighted by atomic mass is 9.97. The van der Waals surface area contributed by atoms with Gasteiger partial charge in [-0.3, -0.25) is 5.84 Å². The maximum absolute atomic E-state index is 13.3. The van der Waals surface area contributed by atoms with E-state index in [4.69, 9.17) is 10.3 Å². The zero-order valence-corrected chi connectivity index (χ0v) is 11.8. The summed E-state index contributed by atoms with van der Waals surface area (Å²) in [5.74, 6) is 6.13. The van der Waals surface area contributed by atoms with Crippen molar-refractivity contribution in [2.75, 3.05) is 0 Å². The molecule has 0 bridgehead atoms. The number of furan rings is 1. The molecule has 21 heavy (non-hydrogen) atoms. The monoisotopic (exact) mass is 284 g/mol. The van der Waals surface area contributed by atoms with E-state index in [-0.39, 0.29) is 11.9 Å². The van der Waals surface area contributed by atoms with Crippen LogP contribution in [-0.4, -0.2) is 0 Å². The Morgan fingerprint density at radius 1 is 1.19 bits per heavy atom. The van der Waals surface area contributed by atoms with E-state index in [1.807, 2.05) is 24.3 Å². The molecule has 0 saturated carbocycles. The maximum atomic E-state index is 13.3. The molecule has 1 aromatic heterocycles. The Morgan fingerprint density at radius 2 is 2.00 bits per heavy atom. The van der Waals surface area contributed by atoms with Crippen molar-refractivity contribution in [1.29, 1.82) is 0 Å². The molecule has 0 fully saturated rings. The minimum Gasteiger partial charge on any atom is -0.459 e. The fraction of sp³-hybridized carbons (Fsp3) is 0.176. The third-order valence-corrected chi connectivity index (χ3v) is 3.70. The van der Waals surface area contributed by atoms with Gasteiger partial charge in [-0.15, -0.1) is 0 Å². The van der Waals surface area contributed by atoms with Crippen LogP contribution in [0.15, 0.2) is 52.9 Å². The normalized spacial score (nSPS) is 12.7. The van der Waals surface area contributed by atoms with Crippen LogP contribution in [0.3, 0.4) is 0 Å². The lowest BCUT2D eigenvalue weighted by Crippen LogP contribution is -2.29. The van der Waals surface area contributed by atoms with Crippen molar-refractivity contribution in [3.8, 4) is 0 Å². The predicted octanol–water partition coefficient (Wildman–Crippen LogP) is 3.69. The molecular formula is C17H17FN2O. The molecule has 1 unspecified atom stereocenters. The molecule has 1 atom stereocenters. The zero-order valence-electron chi connectivity index (χ0n) is 11.8.